The molecule has 2 aromatic carbocycles. The van der Waals surface area contributed by atoms with Crippen molar-refractivity contribution >= 4 is 11.4 Å². The molecule has 2 rings (SSSR count). The third-order valence-corrected chi connectivity index (χ3v) is 2.90. The van der Waals surface area contributed by atoms with Crippen LogP contribution in [0.5, 0.6) is 0 Å². The average Bonchev–Trinajstić information content (AvgIpc) is 2.26. The van der Waals surface area contributed by atoms with Gasteiger partial charge < -0.3 is 11.5 Å². The topological polar surface area (TPSA) is 52.0 Å². The van der Waals surface area contributed by atoms with Gasteiger partial charge in [0.2, 0.25) is 0 Å². The molecule has 0 saturated heterocycles. The maximum absolute atomic E-state index is 5.95. The highest BCUT2D eigenvalue weighted by atomic mass is 14.6. The Morgan fingerprint density at radius 1 is 0.812 bits per heavy atom. The molecular weight excluding hydrogens is 196 g/mol. The van der Waals surface area contributed by atoms with Crippen LogP contribution in [0.1, 0.15) is 11.1 Å². The second-order valence-electron chi connectivity index (χ2n) is 4.15. The van der Waals surface area contributed by atoms with Crippen LogP contribution in [0.25, 0.3) is 11.1 Å². The molecule has 0 fully saturated rings. The van der Waals surface area contributed by atoms with Crippen LogP contribution in [0.3, 0.4) is 0 Å². The molecule has 0 aliphatic heterocycles. The van der Waals surface area contributed by atoms with E-state index in [0.717, 1.165) is 22.5 Å². The largest absolute Gasteiger partial charge is 0.399 e. The summed E-state index contributed by atoms with van der Waals surface area (Å²) >= 11 is 0. The van der Waals surface area contributed by atoms with Gasteiger partial charge >= 0.3 is 0 Å². The minimum Gasteiger partial charge on any atom is -0.399 e. The van der Waals surface area contributed by atoms with Crippen LogP contribution < -0.4 is 11.5 Å². The Kier molecular flexibility index (Phi) is 2.57. The monoisotopic (exact) mass is 212 g/mol. The number of benzene rings is 2. The molecule has 0 aliphatic rings. The molecule has 2 nitrogen and oxygen atoms in total. The minimum absolute atomic E-state index is 0.738. The summed E-state index contributed by atoms with van der Waals surface area (Å²) in [5.74, 6) is 0. The molecule has 0 aromatic heterocycles. The Morgan fingerprint density at radius 2 is 1.56 bits per heavy atom. The van der Waals surface area contributed by atoms with Gasteiger partial charge in [0.15, 0.2) is 0 Å². The first kappa shape index (κ1) is 10.6. The van der Waals surface area contributed by atoms with Crippen molar-refractivity contribution in [2.45, 2.75) is 13.8 Å². The first-order valence-electron chi connectivity index (χ1n) is 5.30. The summed E-state index contributed by atoms with van der Waals surface area (Å²) < 4.78 is 0. The first-order chi connectivity index (χ1) is 7.58. The van der Waals surface area contributed by atoms with Gasteiger partial charge in [-0.3, -0.25) is 0 Å². The highest BCUT2D eigenvalue weighted by Gasteiger charge is 2.04. The fourth-order valence-electron chi connectivity index (χ4n) is 1.73. The van der Waals surface area contributed by atoms with Crippen LogP contribution in [0.4, 0.5) is 11.4 Å². The van der Waals surface area contributed by atoms with Crippen LogP contribution in [0.2, 0.25) is 0 Å². The number of hydrogen-bond donors (Lipinski definition) is 2. The van der Waals surface area contributed by atoms with Crippen LogP contribution in [0, 0.1) is 13.8 Å². The van der Waals surface area contributed by atoms with Crippen molar-refractivity contribution in [3.8, 4) is 11.1 Å². The van der Waals surface area contributed by atoms with Gasteiger partial charge in [-0.15, -0.1) is 0 Å². The molecule has 0 heterocycles. The maximum Gasteiger partial charge on any atom is 0.0395 e. The predicted molar refractivity (Wildman–Crippen MR) is 70.2 cm³/mol. The van der Waals surface area contributed by atoms with Crippen molar-refractivity contribution in [1.82, 2.24) is 0 Å². The highest BCUT2D eigenvalue weighted by Crippen LogP contribution is 2.29. The molecule has 0 unspecified atom stereocenters. The average molecular weight is 212 g/mol. The summed E-state index contributed by atoms with van der Waals surface area (Å²) in [6.45, 7) is 4.20. The molecule has 16 heavy (non-hydrogen) atoms. The predicted octanol–water partition coefficient (Wildman–Crippen LogP) is 3.13. The van der Waals surface area contributed by atoms with E-state index in [4.69, 9.17) is 11.5 Å². The quantitative estimate of drug-likeness (QED) is 0.713. The van der Waals surface area contributed by atoms with Crippen molar-refractivity contribution in [3.63, 3.8) is 0 Å². The van der Waals surface area contributed by atoms with Gasteiger partial charge in [-0.2, -0.15) is 0 Å². The highest BCUT2D eigenvalue weighted by molar-refractivity contribution is 5.79. The van der Waals surface area contributed by atoms with E-state index in [1.165, 1.54) is 11.1 Å². The van der Waals surface area contributed by atoms with Crippen LogP contribution >= 0.6 is 0 Å². The van der Waals surface area contributed by atoms with Gasteiger partial charge in [-0.05, 0) is 48.7 Å². The number of nitrogen functional groups attached to an aromatic ring is 2. The lowest BCUT2D eigenvalue weighted by Gasteiger charge is -2.09. The van der Waals surface area contributed by atoms with Crippen molar-refractivity contribution in [2.75, 3.05) is 11.5 Å². The molecule has 0 bridgehead atoms. The van der Waals surface area contributed by atoms with Gasteiger partial charge in [-0.25, -0.2) is 0 Å². The van der Waals surface area contributed by atoms with E-state index in [2.05, 4.69) is 32.0 Å². The summed E-state index contributed by atoms with van der Waals surface area (Å²) in [6, 6.07) is 11.9. The molecule has 82 valence electrons. The minimum atomic E-state index is 0.738. The van der Waals surface area contributed by atoms with Crippen molar-refractivity contribution in [3.05, 3.63) is 47.5 Å². The Morgan fingerprint density at radius 3 is 2.25 bits per heavy atom. The number of rotatable bonds is 1. The Hall–Kier alpha value is -1.96. The van der Waals surface area contributed by atoms with E-state index in [-0.39, 0.29) is 0 Å². The van der Waals surface area contributed by atoms with Gasteiger partial charge in [0, 0.05) is 16.9 Å². The lowest BCUT2D eigenvalue weighted by atomic mass is 9.99. The number of anilines is 2. The molecule has 0 amide bonds. The van der Waals surface area contributed by atoms with Crippen molar-refractivity contribution in [2.24, 2.45) is 0 Å². The molecule has 0 aliphatic carbocycles. The zero-order valence-corrected chi connectivity index (χ0v) is 9.62. The lowest BCUT2D eigenvalue weighted by Crippen LogP contribution is -1.93. The molecule has 0 saturated carbocycles. The Labute approximate surface area is 95.9 Å². The smallest absolute Gasteiger partial charge is 0.0395 e. The fraction of sp³-hybridized carbons (Fsp3) is 0.143. The summed E-state index contributed by atoms with van der Waals surface area (Å²) in [5, 5.41) is 0. The Bertz CT molecular complexity index is 530. The zero-order chi connectivity index (χ0) is 11.7. The van der Waals surface area contributed by atoms with Crippen LogP contribution in [-0.4, -0.2) is 0 Å². The fourth-order valence-corrected chi connectivity index (χ4v) is 1.73. The van der Waals surface area contributed by atoms with E-state index < -0.39 is 0 Å². The summed E-state index contributed by atoms with van der Waals surface area (Å²) in [5.41, 5.74) is 17.9. The summed E-state index contributed by atoms with van der Waals surface area (Å²) in [7, 11) is 0. The van der Waals surface area contributed by atoms with Crippen LogP contribution in [-0.2, 0) is 0 Å². The van der Waals surface area contributed by atoms with Gasteiger partial charge in [0.25, 0.3) is 0 Å². The maximum atomic E-state index is 5.95. The zero-order valence-electron chi connectivity index (χ0n) is 9.62. The molecule has 4 N–H and O–H groups in total. The summed E-state index contributed by atoms with van der Waals surface area (Å²) in [4.78, 5) is 0. The second kappa shape index (κ2) is 3.89. The van der Waals surface area contributed by atoms with Gasteiger partial charge in [0.1, 0.15) is 0 Å². The van der Waals surface area contributed by atoms with Gasteiger partial charge in [0.05, 0.1) is 0 Å². The second-order valence-corrected chi connectivity index (χ2v) is 4.15. The third kappa shape index (κ3) is 1.87. The molecule has 0 atom stereocenters. The SMILES string of the molecule is Cc1ccc(-c2cc(N)ccc2N)cc1C. The number of nitrogens with two attached hydrogens (primary N) is 2. The molecule has 2 aromatic rings. The van der Waals surface area contributed by atoms with E-state index >= 15 is 0 Å². The van der Waals surface area contributed by atoms with Crippen LogP contribution in [0.15, 0.2) is 36.4 Å². The van der Waals surface area contributed by atoms with Gasteiger partial charge in [-0.1, -0.05) is 18.2 Å². The number of hydrogen-bond acceptors (Lipinski definition) is 2. The standard InChI is InChI=1S/C14H16N2/c1-9-3-4-11(7-10(9)2)13-8-12(15)5-6-14(13)16/h3-8H,15-16H2,1-2H3. The lowest BCUT2D eigenvalue weighted by molar-refractivity contribution is 1.34. The molecule has 0 radical (unpaired) electrons. The molecular formula is C14H16N2. The number of aryl methyl sites for hydroxylation is 2. The van der Waals surface area contributed by atoms with E-state index in [1.807, 2.05) is 18.2 Å². The molecule has 2 heteroatoms. The first-order valence-corrected chi connectivity index (χ1v) is 5.30. The van der Waals surface area contributed by atoms with E-state index in [0.29, 0.717) is 0 Å². The van der Waals surface area contributed by atoms with Crippen molar-refractivity contribution < 1.29 is 0 Å². The van der Waals surface area contributed by atoms with E-state index in [9.17, 15) is 0 Å². The normalized spacial score (nSPS) is 10.4. The molecule has 0 spiro atoms. The third-order valence-electron chi connectivity index (χ3n) is 2.90. The summed E-state index contributed by atoms with van der Waals surface area (Å²) in [6.07, 6.45) is 0. The Balaban J connectivity index is 2.58. The van der Waals surface area contributed by atoms with Crippen molar-refractivity contribution in [1.29, 1.82) is 0 Å². The van der Waals surface area contributed by atoms with E-state index in [1.54, 1.807) is 0 Å².